The zero-order valence-corrected chi connectivity index (χ0v) is 11.8. The Morgan fingerprint density at radius 3 is 2.73 bits per heavy atom. The van der Waals surface area contributed by atoms with E-state index in [1.807, 2.05) is 59.4 Å². The molecule has 0 atom stereocenters. The predicted octanol–water partition coefficient (Wildman–Crippen LogP) is 3.63. The lowest BCUT2D eigenvalue weighted by atomic mass is 10.2. The Balaban J connectivity index is 1.59. The topological polar surface area (TPSA) is 55.9 Å². The first-order valence-corrected chi connectivity index (χ1v) is 7.07. The molecule has 0 radical (unpaired) electrons. The number of rotatable bonds is 4. The van der Waals surface area contributed by atoms with Gasteiger partial charge in [-0.15, -0.1) is 0 Å². The van der Waals surface area contributed by atoms with Crippen molar-refractivity contribution in [2.24, 2.45) is 0 Å². The van der Waals surface area contributed by atoms with E-state index >= 15 is 0 Å². The zero-order valence-electron chi connectivity index (χ0n) is 11.8. The second-order valence-corrected chi connectivity index (χ2v) is 4.92. The molecule has 0 amide bonds. The van der Waals surface area contributed by atoms with Crippen molar-refractivity contribution in [1.82, 2.24) is 14.8 Å². The fraction of sp³-hybridized carbons (Fsp3) is 0.0588. The SMILES string of the molecule is c1ccc(-n2cccn2)c(CNc2nc3ccccc3o2)c1. The van der Waals surface area contributed by atoms with Crippen LogP contribution in [0, 0.1) is 0 Å². The lowest BCUT2D eigenvalue weighted by molar-refractivity contribution is 0.614. The molecule has 0 spiro atoms. The van der Waals surface area contributed by atoms with E-state index in [0.717, 1.165) is 22.4 Å². The van der Waals surface area contributed by atoms with E-state index in [1.165, 1.54) is 0 Å². The Morgan fingerprint density at radius 1 is 1.00 bits per heavy atom. The summed E-state index contributed by atoms with van der Waals surface area (Å²) in [6.45, 7) is 0.614. The summed E-state index contributed by atoms with van der Waals surface area (Å²) in [4.78, 5) is 4.42. The third-order valence-corrected chi connectivity index (χ3v) is 3.47. The zero-order chi connectivity index (χ0) is 14.8. The Hall–Kier alpha value is -3.08. The number of fused-ring (bicyclic) bond motifs is 1. The Bertz CT molecular complexity index is 863. The van der Waals surface area contributed by atoms with Crippen LogP contribution in [0.5, 0.6) is 0 Å². The number of nitrogens with zero attached hydrogens (tertiary/aromatic N) is 3. The van der Waals surface area contributed by atoms with E-state index < -0.39 is 0 Å². The number of benzene rings is 2. The van der Waals surface area contributed by atoms with Crippen molar-refractivity contribution in [2.45, 2.75) is 6.54 Å². The fourth-order valence-electron chi connectivity index (χ4n) is 2.41. The maximum absolute atomic E-state index is 5.68. The Labute approximate surface area is 127 Å². The number of aromatic nitrogens is 3. The molecule has 4 aromatic rings. The van der Waals surface area contributed by atoms with Gasteiger partial charge in [-0.1, -0.05) is 30.3 Å². The van der Waals surface area contributed by atoms with Crippen molar-refractivity contribution in [2.75, 3.05) is 5.32 Å². The minimum atomic E-state index is 0.525. The van der Waals surface area contributed by atoms with Crippen LogP contribution in [0.15, 0.2) is 71.4 Å². The molecule has 2 heterocycles. The highest BCUT2D eigenvalue weighted by Gasteiger charge is 2.07. The van der Waals surface area contributed by atoms with Gasteiger partial charge in [-0.05, 0) is 29.8 Å². The quantitative estimate of drug-likeness (QED) is 0.623. The van der Waals surface area contributed by atoms with Gasteiger partial charge < -0.3 is 9.73 Å². The number of hydrogen-bond acceptors (Lipinski definition) is 4. The van der Waals surface area contributed by atoms with E-state index in [0.29, 0.717) is 12.6 Å². The van der Waals surface area contributed by atoms with E-state index in [9.17, 15) is 0 Å². The monoisotopic (exact) mass is 290 g/mol. The molecule has 2 aromatic heterocycles. The molecule has 2 aromatic carbocycles. The van der Waals surface area contributed by atoms with Gasteiger partial charge >= 0.3 is 0 Å². The van der Waals surface area contributed by atoms with Crippen molar-refractivity contribution >= 4 is 17.1 Å². The molecule has 0 bridgehead atoms. The molecule has 0 aliphatic heterocycles. The van der Waals surface area contributed by atoms with Crippen LogP contribution in [0.25, 0.3) is 16.8 Å². The molecule has 5 nitrogen and oxygen atoms in total. The number of para-hydroxylation sites is 3. The van der Waals surface area contributed by atoms with Gasteiger partial charge in [0.2, 0.25) is 0 Å². The first kappa shape index (κ1) is 12.6. The van der Waals surface area contributed by atoms with Gasteiger partial charge in [-0.3, -0.25) is 0 Å². The second-order valence-electron chi connectivity index (χ2n) is 4.92. The molecule has 0 saturated heterocycles. The third kappa shape index (κ3) is 2.33. The minimum absolute atomic E-state index is 0.525. The minimum Gasteiger partial charge on any atom is -0.424 e. The van der Waals surface area contributed by atoms with Crippen LogP contribution in [0.3, 0.4) is 0 Å². The van der Waals surface area contributed by atoms with Crippen LogP contribution in [0.2, 0.25) is 0 Å². The second kappa shape index (κ2) is 5.37. The van der Waals surface area contributed by atoms with E-state index in [-0.39, 0.29) is 0 Å². The maximum atomic E-state index is 5.68. The smallest absolute Gasteiger partial charge is 0.295 e. The Kier molecular flexibility index (Phi) is 3.08. The van der Waals surface area contributed by atoms with Crippen LogP contribution < -0.4 is 5.32 Å². The molecule has 0 aliphatic rings. The third-order valence-electron chi connectivity index (χ3n) is 3.47. The largest absolute Gasteiger partial charge is 0.424 e. The predicted molar refractivity (Wildman–Crippen MR) is 84.9 cm³/mol. The van der Waals surface area contributed by atoms with Crippen LogP contribution in [0.1, 0.15) is 5.56 Å². The van der Waals surface area contributed by atoms with Crippen LogP contribution in [-0.2, 0) is 6.54 Å². The first-order chi connectivity index (χ1) is 10.9. The van der Waals surface area contributed by atoms with Gasteiger partial charge in [0, 0.05) is 18.9 Å². The molecule has 0 saturated carbocycles. The molecule has 5 heteroatoms. The van der Waals surface area contributed by atoms with E-state index in [2.05, 4.69) is 21.5 Å². The van der Waals surface area contributed by atoms with Crippen molar-refractivity contribution < 1.29 is 4.42 Å². The van der Waals surface area contributed by atoms with E-state index in [4.69, 9.17) is 4.42 Å². The van der Waals surface area contributed by atoms with Crippen LogP contribution in [0.4, 0.5) is 6.01 Å². The summed E-state index contributed by atoms with van der Waals surface area (Å²) in [6.07, 6.45) is 3.70. The van der Waals surface area contributed by atoms with Gasteiger partial charge in [-0.2, -0.15) is 10.1 Å². The van der Waals surface area contributed by atoms with Crippen molar-refractivity contribution in [3.63, 3.8) is 0 Å². The molecule has 108 valence electrons. The van der Waals surface area contributed by atoms with Crippen molar-refractivity contribution in [3.8, 4) is 5.69 Å². The summed E-state index contributed by atoms with van der Waals surface area (Å²) in [6, 6.07) is 18.3. The van der Waals surface area contributed by atoms with Crippen molar-refractivity contribution in [1.29, 1.82) is 0 Å². The molecule has 0 aliphatic carbocycles. The van der Waals surface area contributed by atoms with Gasteiger partial charge in [0.1, 0.15) is 5.52 Å². The summed E-state index contributed by atoms with van der Waals surface area (Å²) in [5.74, 6) is 0. The molecule has 4 rings (SSSR count). The summed E-state index contributed by atoms with van der Waals surface area (Å²) in [5, 5.41) is 7.52. The number of oxazole rings is 1. The highest BCUT2D eigenvalue weighted by Crippen LogP contribution is 2.20. The van der Waals surface area contributed by atoms with E-state index in [1.54, 1.807) is 6.20 Å². The van der Waals surface area contributed by atoms with Gasteiger partial charge in [-0.25, -0.2) is 4.68 Å². The summed E-state index contributed by atoms with van der Waals surface area (Å²) in [5.41, 5.74) is 3.79. The molecular weight excluding hydrogens is 276 g/mol. The Morgan fingerprint density at radius 2 is 1.86 bits per heavy atom. The fourth-order valence-corrected chi connectivity index (χ4v) is 2.41. The summed E-state index contributed by atoms with van der Waals surface area (Å²) >= 11 is 0. The standard InChI is InChI=1S/C17H14N4O/c1-3-8-15(21-11-5-10-19-21)13(6-1)12-18-17-20-14-7-2-4-9-16(14)22-17/h1-11H,12H2,(H,18,20). The lowest BCUT2D eigenvalue weighted by Crippen LogP contribution is -2.05. The van der Waals surface area contributed by atoms with Gasteiger partial charge in [0.05, 0.1) is 5.69 Å². The number of hydrogen-bond donors (Lipinski definition) is 1. The van der Waals surface area contributed by atoms with Crippen molar-refractivity contribution in [3.05, 3.63) is 72.6 Å². The summed E-state index contributed by atoms with van der Waals surface area (Å²) in [7, 11) is 0. The molecule has 0 fully saturated rings. The molecule has 22 heavy (non-hydrogen) atoms. The average Bonchev–Trinajstić information content (AvgIpc) is 3.22. The molecule has 1 N–H and O–H groups in total. The maximum Gasteiger partial charge on any atom is 0.295 e. The highest BCUT2D eigenvalue weighted by atomic mass is 16.4. The molecule has 0 unspecified atom stereocenters. The van der Waals surface area contributed by atoms with Gasteiger partial charge in [0.15, 0.2) is 5.58 Å². The first-order valence-electron chi connectivity index (χ1n) is 7.07. The lowest BCUT2D eigenvalue weighted by Gasteiger charge is -2.09. The van der Waals surface area contributed by atoms with Gasteiger partial charge in [0.25, 0.3) is 6.01 Å². The average molecular weight is 290 g/mol. The number of nitrogens with one attached hydrogen (secondary N) is 1. The highest BCUT2D eigenvalue weighted by molar-refractivity contribution is 5.74. The van der Waals surface area contributed by atoms with Crippen LogP contribution in [-0.4, -0.2) is 14.8 Å². The summed E-state index contributed by atoms with van der Waals surface area (Å²) < 4.78 is 7.53. The van der Waals surface area contributed by atoms with Crippen LogP contribution >= 0.6 is 0 Å². The molecular formula is C17H14N4O. The normalized spacial score (nSPS) is 10.9. The number of anilines is 1.